The fourth-order valence-electron chi connectivity index (χ4n) is 2.55. The van der Waals surface area contributed by atoms with E-state index in [9.17, 15) is 19.7 Å². The molecule has 0 unspecified atom stereocenters. The van der Waals surface area contributed by atoms with Gasteiger partial charge in [-0.1, -0.05) is 0 Å². The molecule has 1 aliphatic heterocycles. The summed E-state index contributed by atoms with van der Waals surface area (Å²) in [7, 11) is 0. The number of nitrogens with zero attached hydrogens (tertiary/aromatic N) is 2. The van der Waals surface area contributed by atoms with Crippen molar-refractivity contribution >= 4 is 11.6 Å². The molecule has 2 heterocycles. The van der Waals surface area contributed by atoms with Gasteiger partial charge >= 0.3 is 0 Å². The summed E-state index contributed by atoms with van der Waals surface area (Å²) < 4.78 is 11.7. The number of ether oxygens (including phenoxy) is 2. The molecule has 0 fully saturated rings. The maximum Gasteiger partial charge on any atom is 0.285 e. The van der Waals surface area contributed by atoms with Crippen molar-refractivity contribution in [3.8, 4) is 11.5 Å². The Morgan fingerprint density at radius 2 is 2.00 bits per heavy atom. The number of nitrogens with one attached hydrogen (secondary N) is 1. The van der Waals surface area contributed by atoms with Gasteiger partial charge in [0.2, 0.25) is 6.79 Å². The summed E-state index contributed by atoms with van der Waals surface area (Å²) in [5.41, 5.74) is 0.0601. The highest BCUT2D eigenvalue weighted by Crippen LogP contribution is 2.32. The molecule has 0 saturated carbocycles. The van der Waals surface area contributed by atoms with Gasteiger partial charge < -0.3 is 19.4 Å². The molecule has 1 aromatic heterocycles. The predicted molar refractivity (Wildman–Crippen MR) is 91.5 cm³/mol. The minimum absolute atomic E-state index is 0.124. The third-order valence-electron chi connectivity index (χ3n) is 3.92. The average molecular weight is 359 g/mol. The van der Waals surface area contributed by atoms with Crippen molar-refractivity contribution < 1.29 is 19.2 Å². The van der Waals surface area contributed by atoms with Crippen LogP contribution in [0, 0.1) is 10.1 Å². The molecule has 1 aliphatic rings. The molecule has 9 nitrogen and oxygen atoms in total. The summed E-state index contributed by atoms with van der Waals surface area (Å²) >= 11 is 0. The van der Waals surface area contributed by atoms with Gasteiger partial charge in [-0.15, -0.1) is 0 Å². The first kappa shape index (κ1) is 17.5. The molecule has 0 aliphatic carbocycles. The van der Waals surface area contributed by atoms with Crippen LogP contribution >= 0.6 is 0 Å². The van der Waals surface area contributed by atoms with E-state index in [2.05, 4.69) is 5.32 Å². The quantitative estimate of drug-likeness (QED) is 0.457. The molecule has 0 radical (unpaired) electrons. The SMILES string of the molecule is O=C(NCCCCn1cc([N+](=O)[O-])ccc1=O)c1ccc2c(c1)OCO2. The number of amides is 1. The number of nitro groups is 1. The molecule has 26 heavy (non-hydrogen) atoms. The largest absolute Gasteiger partial charge is 0.454 e. The third-order valence-corrected chi connectivity index (χ3v) is 3.92. The second-order valence-corrected chi connectivity index (χ2v) is 5.71. The van der Waals surface area contributed by atoms with Crippen LogP contribution in [0.3, 0.4) is 0 Å². The van der Waals surface area contributed by atoms with Crippen molar-refractivity contribution in [1.82, 2.24) is 9.88 Å². The number of pyridine rings is 1. The first-order valence-electron chi connectivity index (χ1n) is 8.07. The summed E-state index contributed by atoms with van der Waals surface area (Å²) in [5, 5.41) is 13.5. The number of hydrogen-bond acceptors (Lipinski definition) is 6. The van der Waals surface area contributed by atoms with Crippen molar-refractivity contribution in [2.24, 2.45) is 0 Å². The van der Waals surface area contributed by atoms with Crippen LogP contribution in [0.4, 0.5) is 5.69 Å². The standard InChI is InChI=1S/C17H17N3O6/c21-16-6-4-13(20(23)24)10-19(16)8-2-1-7-18-17(22)12-3-5-14-15(9-12)26-11-25-14/h3-6,9-10H,1-2,7-8,11H2,(H,18,22). The molecular weight excluding hydrogens is 342 g/mol. The van der Waals surface area contributed by atoms with Gasteiger partial charge in [0.25, 0.3) is 17.2 Å². The van der Waals surface area contributed by atoms with Crippen LogP contribution in [-0.2, 0) is 6.54 Å². The highest BCUT2D eigenvalue weighted by Gasteiger charge is 2.15. The van der Waals surface area contributed by atoms with Gasteiger partial charge in [-0.05, 0) is 31.0 Å². The Morgan fingerprint density at radius 3 is 2.81 bits per heavy atom. The normalized spacial score (nSPS) is 12.0. The highest BCUT2D eigenvalue weighted by molar-refractivity contribution is 5.94. The molecule has 1 N–H and O–H groups in total. The number of unbranched alkanes of at least 4 members (excludes halogenated alkanes) is 1. The lowest BCUT2D eigenvalue weighted by Crippen LogP contribution is -2.25. The maximum absolute atomic E-state index is 12.1. The number of carbonyl (C=O) groups is 1. The summed E-state index contributed by atoms with van der Waals surface area (Å²) in [6, 6.07) is 7.34. The van der Waals surface area contributed by atoms with Gasteiger partial charge in [-0.25, -0.2) is 0 Å². The fraction of sp³-hybridized carbons (Fsp3) is 0.294. The van der Waals surface area contributed by atoms with Gasteiger partial charge in [0.1, 0.15) is 0 Å². The molecule has 1 amide bonds. The molecule has 2 aromatic rings. The fourth-order valence-corrected chi connectivity index (χ4v) is 2.55. The van der Waals surface area contributed by atoms with Crippen LogP contribution < -0.4 is 20.3 Å². The second-order valence-electron chi connectivity index (χ2n) is 5.71. The third kappa shape index (κ3) is 4.00. The van der Waals surface area contributed by atoms with E-state index in [-0.39, 0.29) is 23.9 Å². The lowest BCUT2D eigenvalue weighted by molar-refractivity contribution is -0.385. The molecule has 1 aromatic carbocycles. The van der Waals surface area contributed by atoms with E-state index in [0.29, 0.717) is 43.0 Å². The Labute approximate surface area is 148 Å². The second kappa shape index (κ2) is 7.68. The molecule has 0 saturated heterocycles. The van der Waals surface area contributed by atoms with Crippen LogP contribution in [0.5, 0.6) is 11.5 Å². The number of rotatable bonds is 7. The molecule has 3 rings (SSSR count). The molecule has 136 valence electrons. The molecular formula is C17H17N3O6. The first-order chi connectivity index (χ1) is 12.5. The zero-order chi connectivity index (χ0) is 18.5. The molecule has 0 atom stereocenters. The van der Waals surface area contributed by atoms with Gasteiger partial charge in [0.05, 0.1) is 11.1 Å². The number of benzene rings is 1. The lowest BCUT2D eigenvalue weighted by atomic mass is 10.2. The monoisotopic (exact) mass is 359 g/mol. The Hall–Kier alpha value is -3.36. The van der Waals surface area contributed by atoms with E-state index in [4.69, 9.17) is 9.47 Å². The van der Waals surface area contributed by atoms with E-state index in [1.54, 1.807) is 18.2 Å². The van der Waals surface area contributed by atoms with E-state index in [1.807, 2.05) is 0 Å². The number of fused-ring (bicyclic) bond motifs is 1. The van der Waals surface area contributed by atoms with Crippen molar-refractivity contribution in [3.05, 3.63) is 62.6 Å². The Kier molecular flexibility index (Phi) is 5.16. The molecule has 9 heteroatoms. The Balaban J connectivity index is 1.46. The smallest absolute Gasteiger partial charge is 0.285 e. The van der Waals surface area contributed by atoms with Gasteiger partial charge in [0.15, 0.2) is 11.5 Å². The van der Waals surface area contributed by atoms with Gasteiger partial charge in [-0.3, -0.25) is 19.7 Å². The summed E-state index contributed by atoms with van der Waals surface area (Å²) in [6.45, 7) is 0.925. The van der Waals surface area contributed by atoms with E-state index in [0.717, 1.165) is 0 Å². The van der Waals surface area contributed by atoms with E-state index in [1.165, 1.54) is 22.9 Å². The first-order valence-corrected chi connectivity index (χ1v) is 8.07. The van der Waals surface area contributed by atoms with E-state index < -0.39 is 4.92 Å². The zero-order valence-electron chi connectivity index (χ0n) is 13.8. The number of aromatic nitrogens is 1. The number of carbonyl (C=O) groups excluding carboxylic acids is 1. The van der Waals surface area contributed by atoms with Crippen molar-refractivity contribution in [3.63, 3.8) is 0 Å². The van der Waals surface area contributed by atoms with Crippen LogP contribution in [0.15, 0.2) is 41.3 Å². The van der Waals surface area contributed by atoms with Gasteiger partial charge in [-0.2, -0.15) is 0 Å². The van der Waals surface area contributed by atoms with Gasteiger partial charge in [0, 0.05) is 30.8 Å². The van der Waals surface area contributed by atoms with Crippen LogP contribution in [0.2, 0.25) is 0 Å². The van der Waals surface area contributed by atoms with Crippen molar-refractivity contribution in [1.29, 1.82) is 0 Å². The average Bonchev–Trinajstić information content (AvgIpc) is 3.10. The summed E-state index contributed by atoms with van der Waals surface area (Å²) in [5.74, 6) is 0.933. The van der Waals surface area contributed by atoms with Crippen molar-refractivity contribution in [2.75, 3.05) is 13.3 Å². The zero-order valence-corrected chi connectivity index (χ0v) is 13.8. The van der Waals surface area contributed by atoms with E-state index >= 15 is 0 Å². The number of aryl methyl sites for hydroxylation is 1. The van der Waals surface area contributed by atoms with Crippen LogP contribution in [-0.4, -0.2) is 28.7 Å². The summed E-state index contributed by atoms with van der Waals surface area (Å²) in [4.78, 5) is 34.0. The lowest BCUT2D eigenvalue weighted by Gasteiger charge is -2.07. The topological polar surface area (TPSA) is 113 Å². The highest BCUT2D eigenvalue weighted by atomic mass is 16.7. The predicted octanol–water partition coefficient (Wildman–Crippen LogP) is 1.70. The molecule has 0 bridgehead atoms. The Bertz CT molecular complexity index is 892. The number of hydrogen-bond donors (Lipinski definition) is 1. The summed E-state index contributed by atoms with van der Waals surface area (Å²) in [6.07, 6.45) is 2.46. The van der Waals surface area contributed by atoms with Crippen LogP contribution in [0.25, 0.3) is 0 Å². The minimum Gasteiger partial charge on any atom is -0.454 e. The Morgan fingerprint density at radius 1 is 1.19 bits per heavy atom. The van der Waals surface area contributed by atoms with Crippen LogP contribution in [0.1, 0.15) is 23.2 Å². The van der Waals surface area contributed by atoms with Crippen molar-refractivity contribution in [2.45, 2.75) is 19.4 Å². The maximum atomic E-state index is 12.1. The molecule has 0 spiro atoms. The minimum atomic E-state index is -0.540.